The molecule has 2 heterocycles. The summed E-state index contributed by atoms with van der Waals surface area (Å²) < 4.78 is 7.71. The van der Waals surface area contributed by atoms with Crippen molar-refractivity contribution < 1.29 is 9.53 Å². The fraction of sp³-hybridized carbons (Fsp3) is 0.810. The molecule has 3 fully saturated rings. The van der Waals surface area contributed by atoms with E-state index in [9.17, 15) is 4.79 Å². The van der Waals surface area contributed by atoms with Gasteiger partial charge in [-0.1, -0.05) is 30.5 Å². The van der Waals surface area contributed by atoms with E-state index < -0.39 is 0 Å². The van der Waals surface area contributed by atoms with Crippen LogP contribution in [0.2, 0.25) is 0 Å². The highest BCUT2D eigenvalue weighted by molar-refractivity contribution is 7.97. The lowest BCUT2D eigenvalue weighted by atomic mass is 9.95. The Labute approximate surface area is 185 Å². The molecule has 3 rings (SSSR count). The summed E-state index contributed by atoms with van der Waals surface area (Å²) in [6.45, 7) is 6.71. The largest absolute Gasteiger partial charge is 0.396 e. The van der Waals surface area contributed by atoms with Crippen LogP contribution < -0.4 is 5.73 Å². The highest BCUT2D eigenvalue weighted by Gasteiger charge is 2.26. The minimum absolute atomic E-state index is 0.00266. The van der Waals surface area contributed by atoms with E-state index in [1.807, 2.05) is 12.1 Å². The number of nitrogens with two attached hydrogens (primary N) is 1. The average molecular weight is 445 g/mol. The van der Waals surface area contributed by atoms with E-state index in [1.54, 1.807) is 0 Å². The summed E-state index contributed by atoms with van der Waals surface area (Å²) in [6, 6.07) is 0.439. The number of nitrogens with zero attached hydrogens (tertiary/aromatic N) is 3. The fourth-order valence-electron chi connectivity index (χ4n) is 3.81. The Morgan fingerprint density at radius 2 is 1.90 bits per heavy atom. The second-order valence-corrected chi connectivity index (χ2v) is 10.0. The number of hydrazone groups is 1. The first-order valence-electron chi connectivity index (χ1n) is 10.9. The van der Waals surface area contributed by atoms with Crippen LogP contribution >= 0.6 is 23.5 Å². The van der Waals surface area contributed by atoms with Gasteiger partial charge < -0.3 is 10.5 Å². The van der Waals surface area contributed by atoms with Crippen molar-refractivity contribution in [3.05, 3.63) is 10.7 Å². The summed E-state index contributed by atoms with van der Waals surface area (Å²) in [5.74, 6) is 0.814. The van der Waals surface area contributed by atoms with Crippen LogP contribution in [0.15, 0.2) is 15.8 Å². The molecule has 1 saturated carbocycles. The molecule has 0 aromatic heterocycles. The van der Waals surface area contributed by atoms with Gasteiger partial charge >= 0.3 is 0 Å². The van der Waals surface area contributed by atoms with E-state index in [-0.39, 0.29) is 10.7 Å². The van der Waals surface area contributed by atoms with Gasteiger partial charge in [0.2, 0.25) is 0 Å². The van der Waals surface area contributed by atoms with Gasteiger partial charge in [-0.3, -0.25) is 14.1 Å². The number of hydrogen-bond acceptors (Lipinski definition) is 7. The van der Waals surface area contributed by atoms with Crippen molar-refractivity contribution in [2.75, 3.05) is 33.4 Å². The topological polar surface area (TPSA) is 71.2 Å². The predicted octanol–water partition coefficient (Wildman–Crippen LogP) is 4.00. The van der Waals surface area contributed by atoms with Gasteiger partial charge in [0.25, 0.3) is 0 Å². The quantitative estimate of drug-likeness (QED) is 0.219. The zero-order valence-corrected chi connectivity index (χ0v) is 19.5. The Kier molecular flexibility index (Phi) is 11.4. The molecule has 0 aromatic carbocycles. The van der Waals surface area contributed by atoms with Gasteiger partial charge in [-0.25, -0.2) is 0 Å². The Bertz CT molecular complexity index is 541. The number of allylic oxidation sites excluding steroid dienone is 2. The van der Waals surface area contributed by atoms with Crippen LogP contribution in [0.3, 0.4) is 0 Å². The summed E-state index contributed by atoms with van der Waals surface area (Å²) in [5, 5.41) is 7.01. The third-order valence-electron chi connectivity index (χ3n) is 5.68. The van der Waals surface area contributed by atoms with Crippen molar-refractivity contribution in [3.63, 3.8) is 0 Å². The zero-order valence-electron chi connectivity index (χ0n) is 17.9. The minimum Gasteiger partial charge on any atom is -0.396 e. The number of carbonyl (C=O) groups excluding carboxylic acids is 1. The smallest absolute Gasteiger partial charge is 0.163 e. The van der Waals surface area contributed by atoms with Crippen LogP contribution in [0, 0.1) is 5.92 Å². The SMILES string of the molecule is CN(/N=C\C(N)=C(\Cl)C=O)C1CCC(SN2CCCC2)CC1.C[C@@H]1CCCOC1. The third-order valence-corrected chi connectivity index (χ3v) is 7.42. The molecule has 1 atom stereocenters. The van der Waals surface area contributed by atoms with Crippen LogP contribution in [0.4, 0.5) is 0 Å². The van der Waals surface area contributed by atoms with Gasteiger partial charge in [0.1, 0.15) is 5.03 Å². The van der Waals surface area contributed by atoms with Crippen molar-refractivity contribution in [2.45, 2.75) is 69.6 Å². The van der Waals surface area contributed by atoms with E-state index >= 15 is 0 Å². The van der Waals surface area contributed by atoms with Gasteiger partial charge in [-0.05, 0) is 57.3 Å². The van der Waals surface area contributed by atoms with Crippen LogP contribution in [0.1, 0.15) is 58.3 Å². The van der Waals surface area contributed by atoms with Gasteiger partial charge in [0.15, 0.2) is 6.29 Å². The number of aldehydes is 1. The molecule has 0 spiro atoms. The summed E-state index contributed by atoms with van der Waals surface area (Å²) in [5.41, 5.74) is 5.86. The Hall–Kier alpha value is -0.760. The van der Waals surface area contributed by atoms with E-state index in [2.05, 4.69) is 28.3 Å². The highest BCUT2D eigenvalue weighted by Crippen LogP contribution is 2.34. The molecule has 8 heteroatoms. The maximum absolute atomic E-state index is 10.5. The standard InChI is InChI=1S/C15H25ClN4OS.C6H12O/c1-19(18-10-15(17)14(16)11-21)12-4-6-13(7-5-12)22-20-8-2-3-9-20;1-6-3-2-4-7-5-6/h10-13H,2-9,17H2,1H3;6H,2-5H2,1H3/b15-14-,18-10-;/t;6-/m.1/s1. The van der Waals surface area contributed by atoms with Gasteiger partial charge in [-0.2, -0.15) is 5.10 Å². The summed E-state index contributed by atoms with van der Waals surface area (Å²) >= 11 is 7.71. The molecular formula is C21H37ClN4O2S. The van der Waals surface area contributed by atoms with Crippen LogP contribution in [-0.4, -0.2) is 66.5 Å². The lowest BCUT2D eigenvalue weighted by molar-refractivity contribution is -0.104. The maximum Gasteiger partial charge on any atom is 0.163 e. The molecule has 6 nitrogen and oxygen atoms in total. The van der Waals surface area contributed by atoms with Crippen molar-refractivity contribution in [1.82, 2.24) is 9.31 Å². The monoisotopic (exact) mass is 444 g/mol. The number of ether oxygens (including phenoxy) is 1. The molecule has 2 aliphatic heterocycles. The molecule has 0 bridgehead atoms. The molecule has 29 heavy (non-hydrogen) atoms. The summed E-state index contributed by atoms with van der Waals surface area (Å²) in [7, 11) is 1.96. The molecule has 3 aliphatic rings. The second-order valence-electron chi connectivity index (χ2n) is 8.23. The predicted molar refractivity (Wildman–Crippen MR) is 123 cm³/mol. The summed E-state index contributed by atoms with van der Waals surface area (Å²) in [4.78, 5) is 10.5. The first-order valence-corrected chi connectivity index (χ1v) is 12.1. The zero-order chi connectivity index (χ0) is 21.1. The first-order chi connectivity index (χ1) is 14.0. The number of halogens is 1. The molecule has 166 valence electrons. The minimum atomic E-state index is 0.00266. The normalized spacial score (nSPS) is 29.1. The Morgan fingerprint density at radius 1 is 1.21 bits per heavy atom. The van der Waals surface area contributed by atoms with Crippen molar-refractivity contribution in [1.29, 1.82) is 0 Å². The van der Waals surface area contributed by atoms with E-state index in [0.717, 1.165) is 37.2 Å². The first kappa shape index (κ1) is 24.5. The molecule has 2 saturated heterocycles. The number of rotatable bonds is 6. The lowest BCUT2D eigenvalue weighted by Crippen LogP contribution is -2.33. The van der Waals surface area contributed by atoms with Crippen molar-refractivity contribution >= 4 is 36.0 Å². The van der Waals surface area contributed by atoms with Crippen LogP contribution in [0.25, 0.3) is 0 Å². The van der Waals surface area contributed by atoms with Crippen LogP contribution in [0.5, 0.6) is 0 Å². The summed E-state index contributed by atoms with van der Waals surface area (Å²) in [6.07, 6.45) is 12.1. The van der Waals surface area contributed by atoms with Crippen molar-refractivity contribution in [2.24, 2.45) is 16.8 Å². The molecule has 1 aliphatic carbocycles. The number of hydrogen-bond donors (Lipinski definition) is 1. The van der Waals surface area contributed by atoms with Gasteiger partial charge in [0, 0.05) is 44.6 Å². The molecule has 0 unspecified atom stereocenters. The number of carbonyl (C=O) groups is 1. The lowest BCUT2D eigenvalue weighted by Gasteiger charge is -2.34. The van der Waals surface area contributed by atoms with E-state index in [0.29, 0.717) is 12.3 Å². The third kappa shape index (κ3) is 9.28. The maximum atomic E-state index is 10.5. The van der Waals surface area contributed by atoms with Crippen LogP contribution in [-0.2, 0) is 9.53 Å². The van der Waals surface area contributed by atoms with Crippen molar-refractivity contribution in [3.8, 4) is 0 Å². The van der Waals surface area contributed by atoms with Gasteiger partial charge in [-0.15, -0.1) is 0 Å². The fourth-order valence-corrected chi connectivity index (χ4v) is 5.23. The second kappa shape index (κ2) is 13.5. The van der Waals surface area contributed by atoms with E-state index in [4.69, 9.17) is 22.1 Å². The Morgan fingerprint density at radius 3 is 2.41 bits per heavy atom. The molecular weight excluding hydrogens is 408 g/mol. The molecule has 2 N–H and O–H groups in total. The molecule has 0 amide bonds. The molecule has 0 aromatic rings. The average Bonchev–Trinajstić information content (AvgIpc) is 3.25. The van der Waals surface area contributed by atoms with Gasteiger partial charge in [0.05, 0.1) is 11.9 Å². The molecule has 0 radical (unpaired) electrons. The Balaban J connectivity index is 0.000000360. The highest BCUT2D eigenvalue weighted by atomic mass is 35.5. The van der Waals surface area contributed by atoms with E-state index in [1.165, 1.54) is 57.8 Å².